The fourth-order valence-corrected chi connectivity index (χ4v) is 4.57. The van der Waals surface area contributed by atoms with Gasteiger partial charge < -0.3 is 15.7 Å². The van der Waals surface area contributed by atoms with Crippen molar-refractivity contribution in [3.05, 3.63) is 126 Å². The van der Waals surface area contributed by atoms with E-state index in [0.29, 0.717) is 12.2 Å². The topological polar surface area (TPSA) is 107 Å². The second kappa shape index (κ2) is 12.1. The van der Waals surface area contributed by atoms with Crippen LogP contribution in [-0.4, -0.2) is 40.2 Å². The maximum atomic E-state index is 13.1. The zero-order chi connectivity index (χ0) is 27.9. The minimum atomic E-state index is -1.10. The largest absolute Gasteiger partial charge is 0.480 e. The molecule has 0 fully saturated rings. The summed E-state index contributed by atoms with van der Waals surface area (Å²) in [5, 5.41) is 17.8. The molecule has 0 aliphatic carbocycles. The van der Waals surface area contributed by atoms with Crippen LogP contribution in [0.5, 0.6) is 0 Å². The molecule has 3 N–H and O–H groups in total. The number of amides is 2. The third-order valence-corrected chi connectivity index (χ3v) is 6.71. The lowest BCUT2D eigenvalue weighted by Gasteiger charge is -2.24. The lowest BCUT2D eigenvalue weighted by atomic mass is 10.0. The number of carbonyl (C=O) groups excluding carboxylic acids is 1. The minimum absolute atomic E-state index is 0.138. The number of hydrogen-bond acceptors (Lipinski definition) is 5. The number of hydrogen-bond donors (Lipinski definition) is 3. The molecule has 0 saturated carbocycles. The third kappa shape index (κ3) is 6.24. The highest BCUT2D eigenvalue weighted by molar-refractivity contribution is 5.95. The predicted molar refractivity (Wildman–Crippen MR) is 157 cm³/mol. The average Bonchev–Trinajstić information content (AvgIpc) is 2.98. The van der Waals surface area contributed by atoms with E-state index in [0.717, 1.165) is 38.8 Å². The number of aromatic nitrogens is 2. The molecule has 0 aliphatic rings. The molecule has 2 amide bonds. The van der Waals surface area contributed by atoms with Crippen LogP contribution in [0.4, 0.5) is 22.0 Å². The summed E-state index contributed by atoms with van der Waals surface area (Å²) >= 11 is 0. The summed E-state index contributed by atoms with van der Waals surface area (Å²) in [5.74, 6) is -0.394. The summed E-state index contributed by atoms with van der Waals surface area (Å²) in [4.78, 5) is 35.3. The second-order valence-electron chi connectivity index (χ2n) is 9.47. The highest BCUT2D eigenvalue weighted by Gasteiger charge is 2.24. The van der Waals surface area contributed by atoms with Crippen molar-refractivity contribution in [2.24, 2.45) is 0 Å². The predicted octanol–water partition coefficient (Wildman–Crippen LogP) is 5.81. The molecule has 0 unspecified atom stereocenters. The van der Waals surface area contributed by atoms with Gasteiger partial charge in [0.2, 0.25) is 0 Å². The van der Waals surface area contributed by atoms with Crippen LogP contribution in [0.3, 0.4) is 0 Å². The molecular weight excluding hydrogens is 502 g/mol. The fraction of sp³-hybridized carbons (Fsp3) is 0.125. The van der Waals surface area contributed by atoms with Gasteiger partial charge in [0.1, 0.15) is 11.9 Å². The Kier molecular flexibility index (Phi) is 7.97. The van der Waals surface area contributed by atoms with Gasteiger partial charge >= 0.3 is 12.0 Å². The molecule has 0 radical (unpaired) electrons. The van der Waals surface area contributed by atoms with E-state index in [1.165, 1.54) is 4.90 Å². The first-order valence-corrected chi connectivity index (χ1v) is 12.9. The molecule has 0 aliphatic heterocycles. The van der Waals surface area contributed by atoms with Gasteiger partial charge in [0.25, 0.3) is 0 Å². The van der Waals surface area contributed by atoms with Crippen LogP contribution in [0.25, 0.3) is 10.8 Å². The molecule has 1 atom stereocenters. The number of anilines is 3. The molecule has 5 rings (SSSR count). The number of rotatable bonds is 9. The van der Waals surface area contributed by atoms with Crippen molar-refractivity contribution in [2.75, 3.05) is 17.3 Å². The number of para-hydroxylation sites is 1. The monoisotopic (exact) mass is 531 g/mol. The maximum absolute atomic E-state index is 13.1. The number of nitrogens with one attached hydrogen (secondary N) is 2. The summed E-state index contributed by atoms with van der Waals surface area (Å²) in [6.45, 7) is 0. The number of pyridine rings is 2. The number of carboxylic acids is 1. The van der Waals surface area contributed by atoms with E-state index in [1.807, 2.05) is 91.0 Å². The van der Waals surface area contributed by atoms with Gasteiger partial charge in [-0.05, 0) is 53.4 Å². The second-order valence-corrected chi connectivity index (χ2v) is 9.47. The Morgan fingerprint density at radius 3 is 2.40 bits per heavy atom. The summed E-state index contributed by atoms with van der Waals surface area (Å²) in [5.41, 5.74) is 4.41. The Morgan fingerprint density at radius 1 is 0.875 bits per heavy atom. The van der Waals surface area contributed by atoms with E-state index in [4.69, 9.17) is 0 Å². The van der Waals surface area contributed by atoms with Gasteiger partial charge in [0.05, 0.1) is 0 Å². The molecule has 2 heterocycles. The Hall–Kier alpha value is -5.24. The molecule has 8 heteroatoms. The van der Waals surface area contributed by atoms with E-state index < -0.39 is 18.0 Å². The van der Waals surface area contributed by atoms with Crippen molar-refractivity contribution in [1.82, 2.24) is 15.3 Å². The molecule has 2 aromatic heterocycles. The van der Waals surface area contributed by atoms with Gasteiger partial charge in [-0.15, -0.1) is 0 Å². The van der Waals surface area contributed by atoms with Crippen molar-refractivity contribution in [3.8, 4) is 0 Å². The number of carboxylic acid groups (broad SMARTS) is 1. The van der Waals surface area contributed by atoms with E-state index in [2.05, 4.69) is 20.6 Å². The number of benzene rings is 3. The van der Waals surface area contributed by atoms with Crippen molar-refractivity contribution in [2.45, 2.75) is 18.9 Å². The molecule has 3 aromatic carbocycles. The van der Waals surface area contributed by atoms with Crippen molar-refractivity contribution in [1.29, 1.82) is 0 Å². The van der Waals surface area contributed by atoms with Crippen LogP contribution in [-0.2, 0) is 17.6 Å². The first-order chi connectivity index (χ1) is 19.5. The van der Waals surface area contributed by atoms with Crippen LogP contribution in [0.15, 0.2) is 110 Å². The lowest BCUT2D eigenvalue weighted by Crippen LogP contribution is -2.48. The lowest BCUT2D eigenvalue weighted by molar-refractivity contribution is -0.139. The number of nitrogens with zero attached hydrogens (tertiary/aromatic N) is 3. The van der Waals surface area contributed by atoms with Crippen LogP contribution in [0.2, 0.25) is 0 Å². The summed E-state index contributed by atoms with van der Waals surface area (Å²) in [7, 11) is 1.65. The van der Waals surface area contributed by atoms with Gasteiger partial charge in [-0.25, -0.2) is 14.6 Å². The molecular formula is C32H29N5O3. The average molecular weight is 532 g/mol. The number of carbonyl (C=O) groups is 2. The quantitative estimate of drug-likeness (QED) is 0.222. The molecule has 200 valence electrons. The SMILES string of the molecule is CN(C(=O)N[C@@H](Cc1ccc(Nc2nccc3cnccc23)cc1)C(=O)O)c1ccccc1Cc1ccccc1. The van der Waals surface area contributed by atoms with E-state index >= 15 is 0 Å². The van der Waals surface area contributed by atoms with Crippen LogP contribution in [0, 0.1) is 0 Å². The zero-order valence-electron chi connectivity index (χ0n) is 22.0. The highest BCUT2D eigenvalue weighted by atomic mass is 16.4. The van der Waals surface area contributed by atoms with Gasteiger partial charge in [-0.3, -0.25) is 9.88 Å². The summed E-state index contributed by atoms with van der Waals surface area (Å²) in [6, 6.07) is 27.3. The standard InChI is InChI=1S/C32H29N5O3/c1-37(29-10-6-5-9-24(29)19-22-7-3-2-4-8-22)32(40)36-28(31(38)39)20-23-11-13-26(14-12-23)35-30-27-16-17-33-21-25(27)15-18-34-30/h2-18,21,28H,19-20H2,1H3,(H,34,35)(H,36,40)(H,38,39)/t28-/m0/s1. The van der Waals surface area contributed by atoms with Crippen LogP contribution < -0.4 is 15.5 Å². The Labute approximate surface area is 232 Å². The van der Waals surface area contributed by atoms with Gasteiger partial charge in [0.15, 0.2) is 0 Å². The van der Waals surface area contributed by atoms with Crippen LogP contribution >= 0.6 is 0 Å². The zero-order valence-corrected chi connectivity index (χ0v) is 22.0. The number of fused-ring (bicyclic) bond motifs is 1. The first-order valence-electron chi connectivity index (χ1n) is 12.9. The maximum Gasteiger partial charge on any atom is 0.326 e. The van der Waals surface area contributed by atoms with Crippen molar-refractivity contribution in [3.63, 3.8) is 0 Å². The van der Waals surface area contributed by atoms with Gasteiger partial charge in [-0.2, -0.15) is 0 Å². The fourth-order valence-electron chi connectivity index (χ4n) is 4.57. The normalized spacial score (nSPS) is 11.5. The molecule has 0 bridgehead atoms. The van der Waals surface area contributed by atoms with Crippen molar-refractivity contribution >= 4 is 40.0 Å². The Bertz CT molecular complexity index is 1620. The summed E-state index contributed by atoms with van der Waals surface area (Å²) < 4.78 is 0. The molecule has 40 heavy (non-hydrogen) atoms. The van der Waals surface area contributed by atoms with E-state index in [1.54, 1.807) is 25.6 Å². The van der Waals surface area contributed by atoms with Gasteiger partial charge in [-0.1, -0.05) is 60.7 Å². The number of aliphatic carboxylic acids is 1. The molecule has 8 nitrogen and oxygen atoms in total. The Morgan fingerprint density at radius 2 is 1.62 bits per heavy atom. The Balaban J connectivity index is 1.25. The minimum Gasteiger partial charge on any atom is -0.480 e. The van der Waals surface area contributed by atoms with Crippen LogP contribution in [0.1, 0.15) is 16.7 Å². The van der Waals surface area contributed by atoms with E-state index in [9.17, 15) is 14.7 Å². The first kappa shape index (κ1) is 26.4. The smallest absolute Gasteiger partial charge is 0.326 e. The third-order valence-electron chi connectivity index (χ3n) is 6.71. The number of urea groups is 1. The summed E-state index contributed by atoms with van der Waals surface area (Å²) in [6.07, 6.45) is 6.02. The highest BCUT2D eigenvalue weighted by Crippen LogP contribution is 2.25. The van der Waals surface area contributed by atoms with Gasteiger partial charge in [0, 0.05) is 54.2 Å². The molecule has 0 saturated heterocycles. The molecule has 0 spiro atoms. The van der Waals surface area contributed by atoms with Crippen molar-refractivity contribution < 1.29 is 14.7 Å². The molecule has 5 aromatic rings. The van der Waals surface area contributed by atoms with E-state index in [-0.39, 0.29) is 6.42 Å².